The van der Waals surface area contributed by atoms with Crippen LogP contribution in [-0.4, -0.2) is 27.6 Å². The highest BCUT2D eigenvalue weighted by Crippen LogP contribution is 1.80. The molecular weight excluding hydrogens is 174 g/mol. The van der Waals surface area contributed by atoms with Gasteiger partial charge < -0.3 is 9.94 Å². The number of hydrogen-bond acceptors (Lipinski definition) is 4. The van der Waals surface area contributed by atoms with E-state index in [2.05, 4.69) is 14.7 Å². The zero-order valence-corrected chi connectivity index (χ0v) is 7.04. The Morgan fingerprint density at radius 3 is 3.23 bits per heavy atom. The maximum Gasteiger partial charge on any atom is 0.437 e. The number of amides is 1. The van der Waals surface area contributed by atoms with Gasteiger partial charge in [-0.3, -0.25) is 0 Å². The summed E-state index contributed by atoms with van der Waals surface area (Å²) in [5.74, 6) is 0. The van der Waals surface area contributed by atoms with Crippen molar-refractivity contribution in [1.29, 1.82) is 0 Å². The molecule has 1 aromatic rings. The summed E-state index contributed by atoms with van der Waals surface area (Å²) >= 11 is 0. The Bertz CT molecular complexity index is 358. The zero-order chi connectivity index (χ0) is 9.68. The van der Waals surface area contributed by atoms with Gasteiger partial charge in [0, 0.05) is 12.4 Å². The molecule has 0 fully saturated rings. The second kappa shape index (κ2) is 4.24. The summed E-state index contributed by atoms with van der Waals surface area (Å²) in [6.07, 6.45) is 1.94. The molecule has 0 aromatic carbocycles. The number of carbonyl (C=O) groups is 1. The Labute approximate surface area is 74.1 Å². The minimum Gasteiger partial charge on any atom is -0.448 e. The van der Waals surface area contributed by atoms with Crippen molar-refractivity contribution in [2.45, 2.75) is 6.92 Å². The first-order valence-electron chi connectivity index (χ1n) is 3.68. The molecule has 0 aliphatic rings. The van der Waals surface area contributed by atoms with Crippen LogP contribution < -0.4 is 5.62 Å². The lowest BCUT2D eigenvalue weighted by Gasteiger charge is -1.96. The SMILES string of the molecule is CCOC(=O)N=c1ncccn1O. The van der Waals surface area contributed by atoms with Crippen LogP contribution in [0.5, 0.6) is 0 Å². The van der Waals surface area contributed by atoms with Gasteiger partial charge in [0.05, 0.1) is 6.61 Å². The Morgan fingerprint density at radius 2 is 2.62 bits per heavy atom. The molecule has 1 amide bonds. The van der Waals surface area contributed by atoms with E-state index < -0.39 is 6.09 Å². The van der Waals surface area contributed by atoms with E-state index in [0.717, 1.165) is 0 Å². The molecule has 6 heteroatoms. The molecule has 0 spiro atoms. The fourth-order valence-electron chi connectivity index (χ4n) is 0.673. The number of hydrogen-bond donors (Lipinski definition) is 1. The third-order valence-corrected chi connectivity index (χ3v) is 1.17. The van der Waals surface area contributed by atoms with Crippen LogP contribution in [0.2, 0.25) is 0 Å². The topological polar surface area (TPSA) is 76.7 Å². The largest absolute Gasteiger partial charge is 0.448 e. The first-order valence-corrected chi connectivity index (χ1v) is 3.68. The van der Waals surface area contributed by atoms with Crippen LogP contribution in [0.25, 0.3) is 0 Å². The molecule has 0 radical (unpaired) electrons. The predicted molar refractivity (Wildman–Crippen MR) is 42.0 cm³/mol. The summed E-state index contributed by atoms with van der Waals surface area (Å²) in [6.45, 7) is 1.90. The average molecular weight is 183 g/mol. The number of ether oxygens (including phenoxy) is 1. The minimum absolute atomic E-state index is 0.110. The fraction of sp³-hybridized carbons (Fsp3) is 0.286. The van der Waals surface area contributed by atoms with Crippen LogP contribution >= 0.6 is 0 Å². The molecule has 0 aliphatic carbocycles. The van der Waals surface area contributed by atoms with Crippen molar-refractivity contribution in [3.05, 3.63) is 24.1 Å². The van der Waals surface area contributed by atoms with Crippen molar-refractivity contribution in [1.82, 2.24) is 9.71 Å². The molecule has 0 unspecified atom stereocenters. The second-order valence-corrected chi connectivity index (χ2v) is 2.07. The molecule has 70 valence electrons. The Kier molecular flexibility index (Phi) is 3.02. The third kappa shape index (κ3) is 2.58. The van der Waals surface area contributed by atoms with Gasteiger partial charge in [-0.2, -0.15) is 4.73 Å². The first-order chi connectivity index (χ1) is 6.24. The van der Waals surface area contributed by atoms with Gasteiger partial charge >= 0.3 is 6.09 Å². The van der Waals surface area contributed by atoms with E-state index in [4.69, 9.17) is 5.21 Å². The van der Waals surface area contributed by atoms with Crippen molar-refractivity contribution in [2.75, 3.05) is 6.61 Å². The fourth-order valence-corrected chi connectivity index (χ4v) is 0.673. The number of aromatic nitrogens is 2. The number of rotatable bonds is 1. The molecule has 0 atom stereocenters. The molecule has 1 heterocycles. The van der Waals surface area contributed by atoms with E-state index in [0.29, 0.717) is 4.73 Å². The maximum atomic E-state index is 10.8. The molecule has 0 bridgehead atoms. The van der Waals surface area contributed by atoms with Gasteiger partial charge in [0.15, 0.2) is 0 Å². The molecule has 0 saturated heterocycles. The maximum absolute atomic E-state index is 10.8. The van der Waals surface area contributed by atoms with Gasteiger partial charge in [-0.1, -0.05) is 0 Å². The smallest absolute Gasteiger partial charge is 0.437 e. The lowest BCUT2D eigenvalue weighted by Crippen LogP contribution is -2.23. The summed E-state index contributed by atoms with van der Waals surface area (Å²) in [6, 6.07) is 1.50. The lowest BCUT2D eigenvalue weighted by atomic mass is 10.7. The average Bonchev–Trinajstić information content (AvgIpc) is 2.09. The van der Waals surface area contributed by atoms with E-state index >= 15 is 0 Å². The van der Waals surface area contributed by atoms with Crippen LogP contribution in [0.1, 0.15) is 6.92 Å². The Morgan fingerprint density at radius 1 is 1.85 bits per heavy atom. The lowest BCUT2D eigenvalue weighted by molar-refractivity contribution is 0.150. The summed E-state index contributed by atoms with van der Waals surface area (Å²) in [5.41, 5.74) is -0.110. The van der Waals surface area contributed by atoms with Gasteiger partial charge in [0.2, 0.25) is 0 Å². The van der Waals surface area contributed by atoms with Crippen LogP contribution in [0.4, 0.5) is 4.79 Å². The minimum atomic E-state index is -0.774. The van der Waals surface area contributed by atoms with E-state index in [-0.39, 0.29) is 12.2 Å². The highest BCUT2D eigenvalue weighted by molar-refractivity contribution is 5.67. The van der Waals surface area contributed by atoms with Crippen molar-refractivity contribution in [2.24, 2.45) is 4.99 Å². The highest BCUT2D eigenvalue weighted by atomic mass is 16.5. The van der Waals surface area contributed by atoms with Crippen LogP contribution in [0, 0.1) is 0 Å². The molecule has 1 N–H and O–H groups in total. The first kappa shape index (κ1) is 9.24. The van der Waals surface area contributed by atoms with Crippen molar-refractivity contribution in [3.8, 4) is 0 Å². The molecule has 1 aromatic heterocycles. The van der Waals surface area contributed by atoms with Crippen LogP contribution in [0.3, 0.4) is 0 Å². The summed E-state index contributed by atoms with van der Waals surface area (Å²) in [4.78, 5) is 17.8. The van der Waals surface area contributed by atoms with E-state index in [9.17, 15) is 4.79 Å². The second-order valence-electron chi connectivity index (χ2n) is 2.07. The summed E-state index contributed by atoms with van der Waals surface area (Å²) < 4.78 is 5.17. The van der Waals surface area contributed by atoms with E-state index in [1.807, 2.05) is 0 Å². The highest BCUT2D eigenvalue weighted by Gasteiger charge is 1.97. The van der Waals surface area contributed by atoms with Gasteiger partial charge in [-0.15, -0.1) is 4.99 Å². The van der Waals surface area contributed by atoms with Crippen molar-refractivity contribution < 1.29 is 14.7 Å². The predicted octanol–water partition coefficient (Wildman–Crippen LogP) is 0.178. The summed E-state index contributed by atoms with van der Waals surface area (Å²) in [5, 5.41) is 9.08. The standard InChI is InChI=1S/C7H9N3O3/c1-2-13-7(11)9-6-8-4-3-5-10(6)12/h3-5,12H,2H2,1H3. The van der Waals surface area contributed by atoms with Gasteiger partial charge in [-0.25, -0.2) is 9.78 Å². The molecule has 0 saturated carbocycles. The molecular formula is C7H9N3O3. The van der Waals surface area contributed by atoms with Crippen molar-refractivity contribution in [3.63, 3.8) is 0 Å². The van der Waals surface area contributed by atoms with Crippen LogP contribution in [-0.2, 0) is 4.74 Å². The zero-order valence-electron chi connectivity index (χ0n) is 7.04. The van der Waals surface area contributed by atoms with Gasteiger partial charge in [-0.05, 0) is 13.0 Å². The van der Waals surface area contributed by atoms with E-state index in [1.54, 1.807) is 6.92 Å². The summed E-state index contributed by atoms with van der Waals surface area (Å²) in [7, 11) is 0. The normalized spacial score (nSPS) is 11.3. The monoisotopic (exact) mass is 183 g/mol. The molecule has 0 aliphatic heterocycles. The molecule has 1 rings (SSSR count). The van der Waals surface area contributed by atoms with Crippen LogP contribution in [0.15, 0.2) is 23.5 Å². The molecule has 6 nitrogen and oxygen atoms in total. The van der Waals surface area contributed by atoms with E-state index in [1.165, 1.54) is 18.5 Å². The molecule has 13 heavy (non-hydrogen) atoms. The van der Waals surface area contributed by atoms with Crippen molar-refractivity contribution >= 4 is 6.09 Å². The Hall–Kier alpha value is -1.85. The third-order valence-electron chi connectivity index (χ3n) is 1.17. The Balaban J connectivity index is 2.94. The quantitative estimate of drug-likeness (QED) is 0.630. The number of nitrogens with zero attached hydrogens (tertiary/aromatic N) is 3. The van der Waals surface area contributed by atoms with Gasteiger partial charge in [0.1, 0.15) is 0 Å². The van der Waals surface area contributed by atoms with Gasteiger partial charge in [0.25, 0.3) is 5.62 Å². The number of carbonyl (C=O) groups excluding carboxylic acids is 1.